The van der Waals surface area contributed by atoms with E-state index >= 15 is 0 Å². The van der Waals surface area contributed by atoms with Crippen LogP contribution in [-0.4, -0.2) is 65.4 Å². The van der Waals surface area contributed by atoms with Crippen LogP contribution in [0.3, 0.4) is 0 Å². The molecule has 2 aromatic rings. The highest BCUT2D eigenvalue weighted by atomic mass is 32.2. The van der Waals surface area contributed by atoms with Crippen LogP contribution < -0.4 is 0 Å². The van der Waals surface area contributed by atoms with Crippen molar-refractivity contribution in [3.63, 3.8) is 0 Å². The second-order valence-corrected chi connectivity index (χ2v) is 9.70. The van der Waals surface area contributed by atoms with E-state index in [0.717, 1.165) is 11.9 Å². The molecule has 7 nitrogen and oxygen atoms in total. The van der Waals surface area contributed by atoms with Crippen molar-refractivity contribution < 1.29 is 26.4 Å². The minimum Gasteiger partial charge on any atom is -0.343 e. The second kappa shape index (κ2) is 11.3. The summed E-state index contributed by atoms with van der Waals surface area (Å²) in [4.78, 5) is 18.5. The Labute approximate surface area is 193 Å². The minimum absolute atomic E-state index is 0.0311. The molecule has 2 rings (SSSR count). The van der Waals surface area contributed by atoms with Gasteiger partial charge in [0, 0.05) is 45.6 Å². The Morgan fingerprint density at radius 1 is 1.09 bits per heavy atom. The van der Waals surface area contributed by atoms with Gasteiger partial charge in [-0.2, -0.15) is 17.5 Å². The van der Waals surface area contributed by atoms with Crippen LogP contribution in [0.25, 0.3) is 11.0 Å². The Morgan fingerprint density at radius 2 is 1.76 bits per heavy atom. The molecule has 0 radical (unpaired) electrons. The summed E-state index contributed by atoms with van der Waals surface area (Å²) in [5.41, 5.74) is 1.28. The Morgan fingerprint density at radius 3 is 2.30 bits per heavy atom. The number of imidazole rings is 1. The molecule has 1 heterocycles. The lowest BCUT2D eigenvalue weighted by Crippen LogP contribution is -2.34. The molecule has 0 bridgehead atoms. The van der Waals surface area contributed by atoms with Gasteiger partial charge in [-0.25, -0.2) is 13.4 Å². The molecule has 0 aliphatic heterocycles. The van der Waals surface area contributed by atoms with E-state index in [2.05, 4.69) is 4.98 Å². The van der Waals surface area contributed by atoms with Crippen LogP contribution in [0, 0.1) is 0 Å². The summed E-state index contributed by atoms with van der Waals surface area (Å²) in [5, 5.41) is 0. The number of rotatable bonds is 12. The highest BCUT2D eigenvalue weighted by Crippen LogP contribution is 2.24. The maximum Gasteiger partial charge on any atom is 0.390 e. The van der Waals surface area contributed by atoms with E-state index in [9.17, 15) is 26.4 Å². The van der Waals surface area contributed by atoms with Crippen molar-refractivity contribution in [3.05, 3.63) is 24.0 Å². The summed E-state index contributed by atoms with van der Waals surface area (Å²) in [7, 11) is -3.64. The number of hydrogen-bond acceptors (Lipinski definition) is 4. The van der Waals surface area contributed by atoms with Crippen LogP contribution in [0.4, 0.5) is 13.2 Å². The molecule has 0 atom stereocenters. The molecule has 0 N–H and O–H groups in total. The maximum atomic E-state index is 12.9. The van der Waals surface area contributed by atoms with Gasteiger partial charge in [0.1, 0.15) is 5.82 Å². The molecule has 0 fully saturated rings. The SMILES string of the molecule is CCCn1c(CCC(=O)N(CC)CCC(F)(F)F)nc2cc(S(=O)(=O)N(CC)CC)ccc21. The number of aromatic nitrogens is 2. The van der Waals surface area contributed by atoms with Crippen molar-refractivity contribution >= 4 is 27.0 Å². The van der Waals surface area contributed by atoms with Crippen LogP contribution in [-0.2, 0) is 27.8 Å². The molecule has 0 saturated heterocycles. The Bertz CT molecular complexity index is 1050. The first-order chi connectivity index (χ1) is 15.5. The summed E-state index contributed by atoms with van der Waals surface area (Å²) in [6.45, 7) is 8.39. The molecular formula is C22H33F3N4O3S. The molecule has 1 aromatic heterocycles. The van der Waals surface area contributed by atoms with Gasteiger partial charge in [0.05, 0.1) is 22.3 Å². The molecule has 0 spiro atoms. The molecule has 0 aliphatic carbocycles. The topological polar surface area (TPSA) is 75.5 Å². The zero-order valence-corrected chi connectivity index (χ0v) is 20.5. The van der Waals surface area contributed by atoms with E-state index in [1.54, 1.807) is 39.0 Å². The lowest BCUT2D eigenvalue weighted by atomic mass is 10.2. The number of aryl methyl sites for hydroxylation is 2. The number of benzene rings is 1. The fourth-order valence-corrected chi connectivity index (χ4v) is 5.27. The van der Waals surface area contributed by atoms with Crippen LogP contribution in [0.5, 0.6) is 0 Å². The molecule has 1 aromatic carbocycles. The average molecular weight is 491 g/mol. The van der Waals surface area contributed by atoms with E-state index in [0.29, 0.717) is 31.0 Å². The van der Waals surface area contributed by atoms with Gasteiger partial charge in [-0.05, 0) is 31.5 Å². The van der Waals surface area contributed by atoms with Gasteiger partial charge in [0.15, 0.2) is 0 Å². The van der Waals surface area contributed by atoms with E-state index < -0.39 is 22.6 Å². The third-order valence-corrected chi connectivity index (χ3v) is 7.60. The van der Waals surface area contributed by atoms with Crippen molar-refractivity contribution in [2.75, 3.05) is 26.2 Å². The van der Waals surface area contributed by atoms with Crippen LogP contribution in [0.1, 0.15) is 52.8 Å². The number of halogens is 3. The predicted octanol–water partition coefficient (Wildman–Crippen LogP) is 4.21. The van der Waals surface area contributed by atoms with E-state index in [-0.39, 0.29) is 36.7 Å². The Hall–Kier alpha value is -2.14. The van der Waals surface area contributed by atoms with Crippen molar-refractivity contribution in [1.29, 1.82) is 0 Å². The van der Waals surface area contributed by atoms with Crippen LogP contribution >= 0.6 is 0 Å². The number of sulfonamides is 1. The highest BCUT2D eigenvalue weighted by molar-refractivity contribution is 7.89. The van der Waals surface area contributed by atoms with Gasteiger partial charge in [0.2, 0.25) is 15.9 Å². The van der Waals surface area contributed by atoms with Gasteiger partial charge in [-0.15, -0.1) is 0 Å². The third kappa shape index (κ3) is 6.69. The molecule has 33 heavy (non-hydrogen) atoms. The summed E-state index contributed by atoms with van der Waals surface area (Å²) in [6.07, 6.45) is -4.26. The Kier molecular flexibility index (Phi) is 9.30. The number of fused-ring (bicyclic) bond motifs is 1. The summed E-state index contributed by atoms with van der Waals surface area (Å²) in [6, 6.07) is 4.83. The van der Waals surface area contributed by atoms with Gasteiger partial charge in [-0.3, -0.25) is 4.79 Å². The van der Waals surface area contributed by atoms with E-state index in [1.807, 2.05) is 11.5 Å². The van der Waals surface area contributed by atoms with Crippen LogP contribution in [0.2, 0.25) is 0 Å². The molecule has 186 valence electrons. The summed E-state index contributed by atoms with van der Waals surface area (Å²) in [5.74, 6) is 0.256. The predicted molar refractivity (Wildman–Crippen MR) is 121 cm³/mol. The standard InChI is InChI=1S/C22H33F3N4O3S/c1-5-14-29-19-10-9-17(33(31,32)28(7-3)8-4)16-18(19)26-20(29)11-12-21(30)27(6-2)15-13-22(23,24)25/h9-10,16H,5-8,11-15H2,1-4H3. The third-order valence-electron chi connectivity index (χ3n) is 5.55. The largest absolute Gasteiger partial charge is 0.390 e. The van der Waals surface area contributed by atoms with E-state index in [4.69, 9.17) is 0 Å². The number of amides is 1. The first-order valence-corrected chi connectivity index (χ1v) is 12.8. The Balaban J connectivity index is 2.29. The molecule has 0 aliphatic rings. The van der Waals surface area contributed by atoms with Gasteiger partial charge >= 0.3 is 6.18 Å². The van der Waals surface area contributed by atoms with Crippen molar-refractivity contribution in [2.45, 2.75) is 71.0 Å². The summed E-state index contributed by atoms with van der Waals surface area (Å²) >= 11 is 0. The van der Waals surface area contributed by atoms with Gasteiger partial charge in [-0.1, -0.05) is 20.8 Å². The molecular weight excluding hydrogens is 457 g/mol. The highest BCUT2D eigenvalue weighted by Gasteiger charge is 2.29. The van der Waals surface area contributed by atoms with Crippen molar-refractivity contribution in [1.82, 2.24) is 18.8 Å². The number of nitrogens with zero attached hydrogens (tertiary/aromatic N) is 4. The number of carbonyl (C=O) groups excluding carboxylic acids is 1. The van der Waals surface area contributed by atoms with Crippen LogP contribution in [0.15, 0.2) is 23.1 Å². The van der Waals surface area contributed by atoms with E-state index in [1.165, 1.54) is 9.21 Å². The molecule has 1 amide bonds. The smallest absolute Gasteiger partial charge is 0.343 e. The molecule has 0 saturated carbocycles. The monoisotopic (exact) mass is 490 g/mol. The van der Waals surface area contributed by atoms with Gasteiger partial charge in [0.25, 0.3) is 0 Å². The first kappa shape index (κ1) is 27.1. The maximum absolute atomic E-state index is 12.9. The average Bonchev–Trinajstić information content (AvgIpc) is 3.09. The summed E-state index contributed by atoms with van der Waals surface area (Å²) < 4.78 is 66.7. The molecule has 11 heteroatoms. The zero-order valence-electron chi connectivity index (χ0n) is 19.7. The number of alkyl halides is 3. The zero-order chi connectivity index (χ0) is 24.8. The molecule has 0 unspecified atom stereocenters. The van der Waals surface area contributed by atoms with Gasteiger partial charge < -0.3 is 9.47 Å². The van der Waals surface area contributed by atoms with Crippen molar-refractivity contribution in [3.8, 4) is 0 Å². The number of hydrogen-bond donors (Lipinski definition) is 0. The fourth-order valence-electron chi connectivity index (χ4n) is 3.79. The number of carbonyl (C=O) groups is 1. The van der Waals surface area contributed by atoms with Crippen molar-refractivity contribution in [2.24, 2.45) is 0 Å². The lowest BCUT2D eigenvalue weighted by molar-refractivity contribution is -0.145. The normalized spacial score (nSPS) is 12.6. The first-order valence-electron chi connectivity index (χ1n) is 11.3. The second-order valence-electron chi connectivity index (χ2n) is 7.76. The lowest BCUT2D eigenvalue weighted by Gasteiger charge is -2.21. The minimum atomic E-state index is -4.31. The quantitative estimate of drug-likeness (QED) is 0.447. The fraction of sp³-hybridized carbons (Fsp3) is 0.636.